The largest absolute Gasteiger partial charge is 0.350 e. The number of imidazole rings is 1. The van der Waals surface area contributed by atoms with Crippen LogP contribution >= 0.6 is 24.8 Å². The molecule has 0 saturated carbocycles. The fourth-order valence-corrected chi connectivity index (χ4v) is 3.25. The molecule has 0 aliphatic carbocycles. The average molecular weight is 437 g/mol. The summed E-state index contributed by atoms with van der Waals surface area (Å²) >= 11 is 0. The highest BCUT2D eigenvalue weighted by atomic mass is 35.5. The maximum absolute atomic E-state index is 13.2. The van der Waals surface area contributed by atoms with Crippen LogP contribution in [0.25, 0.3) is 16.9 Å². The van der Waals surface area contributed by atoms with Crippen LogP contribution in [0.2, 0.25) is 0 Å². The Morgan fingerprint density at radius 3 is 2.52 bits per heavy atom. The molecule has 5 nitrogen and oxygen atoms in total. The van der Waals surface area contributed by atoms with Gasteiger partial charge in [-0.1, -0.05) is 30.3 Å². The molecule has 1 aliphatic rings. The van der Waals surface area contributed by atoms with E-state index in [0.29, 0.717) is 25.1 Å². The summed E-state index contributed by atoms with van der Waals surface area (Å²) in [5, 5.41) is 5.92. The van der Waals surface area contributed by atoms with Gasteiger partial charge >= 0.3 is 0 Å². The van der Waals surface area contributed by atoms with Gasteiger partial charge in [-0.3, -0.25) is 4.79 Å². The third kappa shape index (κ3) is 5.56. The number of carbonyl (C=O) groups excluding carboxylic acids is 1. The van der Waals surface area contributed by atoms with E-state index in [-0.39, 0.29) is 36.8 Å². The van der Waals surface area contributed by atoms with Crippen molar-refractivity contribution in [1.82, 2.24) is 20.2 Å². The molecule has 1 aliphatic heterocycles. The van der Waals surface area contributed by atoms with Gasteiger partial charge in [-0.15, -0.1) is 24.8 Å². The average Bonchev–Trinajstić information content (AvgIpc) is 3.36. The van der Waals surface area contributed by atoms with Crippen molar-refractivity contribution in [2.75, 3.05) is 13.1 Å². The Morgan fingerprint density at radius 2 is 1.86 bits per heavy atom. The Bertz CT molecular complexity index is 918. The Balaban J connectivity index is 0.00000150. The van der Waals surface area contributed by atoms with Gasteiger partial charge in [0.25, 0.3) is 5.91 Å². The Labute approximate surface area is 181 Å². The Morgan fingerprint density at radius 1 is 1.14 bits per heavy atom. The molecule has 3 aromatic rings. The van der Waals surface area contributed by atoms with Crippen LogP contribution in [0.5, 0.6) is 0 Å². The molecule has 1 amide bonds. The fraction of sp³-hybridized carbons (Fsp3) is 0.238. The molecule has 2 atom stereocenters. The molecule has 1 aromatic heterocycles. The lowest BCUT2D eigenvalue weighted by molar-refractivity contribution is 0.0950. The SMILES string of the molecule is Cl.Cl.O=C(NC[C@@H]1C[C@H](F)CN1)c1ccc(-c2cn(-c3ccccc3)cn2)cc1. The number of hydrogen-bond acceptors (Lipinski definition) is 3. The van der Waals surface area contributed by atoms with E-state index < -0.39 is 6.17 Å². The van der Waals surface area contributed by atoms with Crippen molar-refractivity contribution in [2.24, 2.45) is 0 Å². The first-order chi connectivity index (χ1) is 13.2. The molecule has 0 spiro atoms. The van der Waals surface area contributed by atoms with Gasteiger partial charge in [-0.25, -0.2) is 9.37 Å². The molecule has 0 unspecified atom stereocenters. The zero-order chi connectivity index (χ0) is 18.6. The topological polar surface area (TPSA) is 59.0 Å². The second kappa shape index (κ2) is 10.4. The number of halogens is 3. The molecule has 0 bridgehead atoms. The van der Waals surface area contributed by atoms with E-state index in [9.17, 15) is 9.18 Å². The number of amides is 1. The maximum atomic E-state index is 13.2. The third-order valence-corrected chi connectivity index (χ3v) is 4.76. The smallest absolute Gasteiger partial charge is 0.251 e. The lowest BCUT2D eigenvalue weighted by atomic mass is 10.1. The van der Waals surface area contributed by atoms with E-state index in [1.165, 1.54) is 0 Å². The number of hydrogen-bond donors (Lipinski definition) is 2. The van der Waals surface area contributed by atoms with Gasteiger partial charge in [0.1, 0.15) is 6.17 Å². The van der Waals surface area contributed by atoms with Gasteiger partial charge in [0.2, 0.25) is 0 Å². The molecular weight excluding hydrogens is 414 g/mol. The van der Waals surface area contributed by atoms with E-state index >= 15 is 0 Å². The number of benzene rings is 2. The van der Waals surface area contributed by atoms with Gasteiger partial charge in [0.15, 0.2) is 0 Å². The molecule has 2 aromatic carbocycles. The third-order valence-electron chi connectivity index (χ3n) is 4.76. The van der Waals surface area contributed by atoms with Crippen molar-refractivity contribution in [3.05, 3.63) is 72.7 Å². The van der Waals surface area contributed by atoms with Crippen LogP contribution in [-0.2, 0) is 0 Å². The highest BCUT2D eigenvalue weighted by Crippen LogP contribution is 2.19. The van der Waals surface area contributed by atoms with Gasteiger partial charge < -0.3 is 15.2 Å². The Kier molecular flexibility index (Phi) is 8.20. The lowest BCUT2D eigenvalue weighted by Crippen LogP contribution is -2.37. The van der Waals surface area contributed by atoms with Crippen molar-refractivity contribution in [2.45, 2.75) is 18.6 Å². The molecule has 154 valence electrons. The van der Waals surface area contributed by atoms with Gasteiger partial charge in [0.05, 0.1) is 12.0 Å². The zero-order valence-corrected chi connectivity index (χ0v) is 17.3. The minimum atomic E-state index is -0.818. The molecule has 29 heavy (non-hydrogen) atoms. The summed E-state index contributed by atoms with van der Waals surface area (Å²) in [6, 6.07) is 17.3. The minimum absolute atomic E-state index is 0. The van der Waals surface area contributed by atoms with Crippen molar-refractivity contribution in [3.63, 3.8) is 0 Å². The van der Waals surface area contributed by atoms with Crippen LogP contribution in [0.15, 0.2) is 67.1 Å². The first-order valence-electron chi connectivity index (χ1n) is 9.04. The molecule has 0 radical (unpaired) electrons. The molecular formula is C21H23Cl2FN4O. The monoisotopic (exact) mass is 436 g/mol. The number of rotatable bonds is 5. The number of nitrogens with zero attached hydrogens (tertiary/aromatic N) is 2. The second-order valence-electron chi connectivity index (χ2n) is 6.73. The van der Waals surface area contributed by atoms with E-state index in [1.54, 1.807) is 18.5 Å². The number of aromatic nitrogens is 2. The van der Waals surface area contributed by atoms with E-state index in [1.807, 2.05) is 53.2 Å². The molecule has 2 heterocycles. The van der Waals surface area contributed by atoms with Crippen molar-refractivity contribution >= 4 is 30.7 Å². The number of para-hydroxylation sites is 1. The zero-order valence-electron chi connectivity index (χ0n) is 15.6. The Hall–Kier alpha value is -2.41. The molecule has 2 N–H and O–H groups in total. The van der Waals surface area contributed by atoms with Crippen molar-refractivity contribution in [3.8, 4) is 16.9 Å². The summed E-state index contributed by atoms with van der Waals surface area (Å²) in [6.45, 7) is 0.799. The van der Waals surface area contributed by atoms with Crippen molar-refractivity contribution < 1.29 is 9.18 Å². The maximum Gasteiger partial charge on any atom is 0.251 e. The minimum Gasteiger partial charge on any atom is -0.350 e. The summed E-state index contributed by atoms with van der Waals surface area (Å²) in [6.07, 6.45) is 3.37. The number of alkyl halides is 1. The van der Waals surface area contributed by atoms with Gasteiger partial charge in [-0.05, 0) is 30.7 Å². The lowest BCUT2D eigenvalue weighted by Gasteiger charge is -2.11. The standard InChI is InChI=1S/C21H21FN4O.2ClH/c22-17-10-18(23-11-17)12-24-21(27)16-8-6-15(7-9-16)20-13-26(14-25-20)19-4-2-1-3-5-19;;/h1-9,13-14,17-18,23H,10-12H2,(H,24,27);2*1H/t17-,18-;;/m0../s1. The van der Waals surface area contributed by atoms with Crippen molar-refractivity contribution in [1.29, 1.82) is 0 Å². The number of carbonyl (C=O) groups is 1. The first-order valence-corrected chi connectivity index (χ1v) is 9.04. The molecule has 4 rings (SSSR count). The predicted molar refractivity (Wildman–Crippen MR) is 117 cm³/mol. The van der Waals surface area contributed by atoms with Crippen LogP contribution in [0.3, 0.4) is 0 Å². The van der Waals surface area contributed by atoms with Crippen LogP contribution in [0.1, 0.15) is 16.8 Å². The number of nitrogens with one attached hydrogen (secondary N) is 2. The summed E-state index contributed by atoms with van der Waals surface area (Å²) in [7, 11) is 0. The summed E-state index contributed by atoms with van der Waals surface area (Å²) in [4.78, 5) is 16.7. The summed E-state index contributed by atoms with van der Waals surface area (Å²) in [5.74, 6) is -0.152. The van der Waals surface area contributed by atoms with Gasteiger partial charge in [0, 0.05) is 42.1 Å². The van der Waals surface area contributed by atoms with E-state index in [0.717, 1.165) is 16.9 Å². The second-order valence-corrected chi connectivity index (χ2v) is 6.73. The highest BCUT2D eigenvalue weighted by molar-refractivity contribution is 5.94. The van der Waals surface area contributed by atoms with Crippen LogP contribution < -0.4 is 10.6 Å². The van der Waals surface area contributed by atoms with Crippen LogP contribution in [0, 0.1) is 0 Å². The van der Waals surface area contributed by atoms with E-state index in [4.69, 9.17) is 0 Å². The highest BCUT2D eigenvalue weighted by Gasteiger charge is 2.23. The van der Waals surface area contributed by atoms with E-state index in [2.05, 4.69) is 15.6 Å². The molecule has 1 saturated heterocycles. The summed E-state index contributed by atoms with van der Waals surface area (Å²) in [5.41, 5.74) is 3.41. The van der Waals surface area contributed by atoms with Crippen LogP contribution in [-0.4, -0.2) is 40.8 Å². The predicted octanol–water partition coefficient (Wildman–Crippen LogP) is 3.81. The first kappa shape index (κ1) is 22.9. The fourth-order valence-electron chi connectivity index (χ4n) is 3.25. The van der Waals surface area contributed by atoms with Gasteiger partial charge in [-0.2, -0.15) is 0 Å². The van der Waals surface area contributed by atoms with Crippen LogP contribution in [0.4, 0.5) is 4.39 Å². The molecule has 1 fully saturated rings. The molecule has 8 heteroatoms. The summed E-state index contributed by atoms with van der Waals surface area (Å²) < 4.78 is 15.1. The quantitative estimate of drug-likeness (QED) is 0.638. The normalized spacial score (nSPS) is 17.8.